The molecule has 0 bridgehead atoms. The van der Waals surface area contributed by atoms with Crippen molar-refractivity contribution >= 4 is 73.1 Å². The molecule has 0 amide bonds. The van der Waals surface area contributed by atoms with Gasteiger partial charge in [0.2, 0.25) is 0 Å². The van der Waals surface area contributed by atoms with Crippen molar-refractivity contribution in [1.29, 1.82) is 5.26 Å². The molecule has 0 saturated heterocycles. The molecular weight excluding hydrogens is 362 g/mol. The van der Waals surface area contributed by atoms with Crippen LogP contribution in [0.25, 0.3) is 0 Å². The third-order valence-electron chi connectivity index (χ3n) is 0.760. The van der Waals surface area contributed by atoms with E-state index in [0.717, 1.165) is 12.8 Å². The third kappa shape index (κ3) is 233. The van der Waals surface area contributed by atoms with Gasteiger partial charge in [-0.15, -0.1) is 0 Å². The zero-order valence-corrected chi connectivity index (χ0v) is 9.21. The molecule has 1 saturated carbocycles. The molecule has 21 heavy (non-hydrogen) atoms. The summed E-state index contributed by atoms with van der Waals surface area (Å²) in [5.41, 5.74) is 0. The van der Waals surface area contributed by atoms with Crippen molar-refractivity contribution in [2.24, 2.45) is 5.92 Å². The first kappa shape index (κ1) is 29.5. The van der Waals surface area contributed by atoms with E-state index in [1.165, 1.54) is 0 Å². The fourth-order valence-electron chi connectivity index (χ4n) is 0.212. The molecule has 0 radical (unpaired) electrons. The van der Waals surface area contributed by atoms with Crippen molar-refractivity contribution in [3.63, 3.8) is 0 Å². The van der Waals surface area contributed by atoms with Gasteiger partial charge >= 0.3 is 73.1 Å². The van der Waals surface area contributed by atoms with Crippen molar-refractivity contribution in [2.75, 3.05) is 0 Å². The van der Waals surface area contributed by atoms with Crippen LogP contribution in [0.4, 0.5) is 51.8 Å². The van der Waals surface area contributed by atoms with Gasteiger partial charge in [-0.3, -0.25) is 0 Å². The maximum atomic E-state index is 9.75. The minimum atomic E-state index is -6.00. The molecule has 124 valence electrons. The van der Waals surface area contributed by atoms with Crippen LogP contribution in [0.2, 0.25) is 0 Å². The second-order valence-corrected chi connectivity index (χ2v) is 2.89. The van der Waals surface area contributed by atoms with E-state index in [-0.39, 0.29) is 51.4 Å². The van der Waals surface area contributed by atoms with Crippen molar-refractivity contribution < 1.29 is 51.8 Å². The first-order valence-electron chi connectivity index (χ1n) is 4.45. The van der Waals surface area contributed by atoms with E-state index in [0.29, 0.717) is 5.92 Å². The molecule has 0 N–H and O–H groups in total. The summed E-state index contributed by atoms with van der Waals surface area (Å²) in [6.07, 6.45) is 2.30. The average molecular weight is 368 g/mol. The van der Waals surface area contributed by atoms with E-state index in [4.69, 9.17) is 5.26 Å². The van der Waals surface area contributed by atoms with E-state index in [2.05, 4.69) is 6.07 Å². The van der Waals surface area contributed by atoms with Gasteiger partial charge in [0.1, 0.15) is 0 Å². The van der Waals surface area contributed by atoms with Crippen molar-refractivity contribution in [3.05, 3.63) is 0 Å². The molecule has 1 fully saturated rings. The Morgan fingerprint density at radius 3 is 0.762 bits per heavy atom. The summed E-state index contributed by atoms with van der Waals surface area (Å²) < 4.78 is 117. The number of halogens is 12. The van der Waals surface area contributed by atoms with E-state index in [1.807, 2.05) is 0 Å². The van der Waals surface area contributed by atoms with Crippen molar-refractivity contribution in [1.82, 2.24) is 0 Å². The molecule has 0 aromatic heterocycles. The molecule has 1 rings (SSSR count). The summed E-state index contributed by atoms with van der Waals surface area (Å²) in [7, 11) is -18.0. The van der Waals surface area contributed by atoms with E-state index in [1.54, 1.807) is 0 Å². The number of hydrogen-bond acceptors (Lipinski definition) is 1. The van der Waals surface area contributed by atoms with E-state index in [9.17, 15) is 51.8 Å². The molecule has 0 aromatic carbocycles. The Bertz CT molecular complexity index is 230. The first-order chi connectivity index (χ1) is 8.43. The summed E-state index contributed by atoms with van der Waals surface area (Å²) in [5, 5.41) is 7.96. The topological polar surface area (TPSA) is 23.8 Å². The Morgan fingerprint density at radius 1 is 0.619 bits per heavy atom. The molecular formula is C4H6B3F12KN-3. The average Bonchev–Trinajstić information content (AvgIpc) is 2.74. The first-order valence-corrected chi connectivity index (χ1v) is 4.45. The van der Waals surface area contributed by atoms with Crippen LogP contribution in [-0.2, 0) is 0 Å². The fraction of sp³-hybridized carbons (Fsp3) is 0.750. The van der Waals surface area contributed by atoms with Gasteiger partial charge in [0.25, 0.3) is 0 Å². The Hall–Kier alpha value is 0.481. The van der Waals surface area contributed by atoms with Crippen LogP contribution in [-0.4, -0.2) is 73.1 Å². The van der Waals surface area contributed by atoms with Gasteiger partial charge in [-0.25, -0.2) is 0 Å². The molecule has 0 heterocycles. The van der Waals surface area contributed by atoms with Crippen LogP contribution in [0.15, 0.2) is 0 Å². The molecule has 17 heteroatoms. The minimum absolute atomic E-state index is 0. The Morgan fingerprint density at radius 2 is 0.762 bits per heavy atom. The molecule has 1 aliphatic rings. The van der Waals surface area contributed by atoms with E-state index < -0.39 is 21.8 Å². The molecule has 1 aliphatic carbocycles. The number of nitrogens with zero attached hydrogens (tertiary/aromatic N) is 1. The Balaban J connectivity index is -0.0000000903. The van der Waals surface area contributed by atoms with Crippen molar-refractivity contribution in [3.8, 4) is 6.07 Å². The van der Waals surface area contributed by atoms with Crippen LogP contribution >= 0.6 is 0 Å². The zero-order valence-electron chi connectivity index (χ0n) is 9.21. The standard InChI is InChI=1S/C4H5N.3BF4.K.H/c5-3-4-1-2-4;3*2-1(3,4)5;;/h4H,1-2H2;;;;;/q;3*-1;;. The summed E-state index contributed by atoms with van der Waals surface area (Å²) in [4.78, 5) is 0. The van der Waals surface area contributed by atoms with Gasteiger partial charge in [0.15, 0.2) is 0 Å². The number of hydrogen-bond donors (Lipinski definition) is 0. The van der Waals surface area contributed by atoms with Gasteiger partial charge in [-0.1, -0.05) is 0 Å². The molecule has 0 unspecified atom stereocenters. The predicted molar refractivity (Wildman–Crippen MR) is 56.0 cm³/mol. The summed E-state index contributed by atoms with van der Waals surface area (Å²) >= 11 is 0. The summed E-state index contributed by atoms with van der Waals surface area (Å²) in [5.74, 6) is 0.440. The monoisotopic (exact) mass is 368 g/mol. The van der Waals surface area contributed by atoms with Gasteiger partial charge < -0.3 is 51.8 Å². The quantitative estimate of drug-likeness (QED) is 0.466. The van der Waals surface area contributed by atoms with Crippen LogP contribution in [0.5, 0.6) is 0 Å². The molecule has 0 aliphatic heterocycles. The van der Waals surface area contributed by atoms with Gasteiger partial charge in [0.05, 0.1) is 6.07 Å². The normalized spacial score (nSPS) is 13.7. The molecule has 0 spiro atoms. The SMILES string of the molecule is F[B-](F)(F)F.F[B-](F)(F)F.F[B-](F)(F)F.N#CC1CC1.[KH]. The van der Waals surface area contributed by atoms with Crippen LogP contribution in [0.3, 0.4) is 0 Å². The fourth-order valence-corrected chi connectivity index (χ4v) is 0.212. The van der Waals surface area contributed by atoms with Gasteiger partial charge in [0, 0.05) is 5.92 Å². The van der Waals surface area contributed by atoms with Gasteiger partial charge in [-0.2, -0.15) is 5.26 Å². The summed E-state index contributed by atoms with van der Waals surface area (Å²) in [6, 6.07) is 2.14. The predicted octanol–water partition coefficient (Wildman–Crippen LogP) is 4.17. The molecule has 0 atom stereocenters. The summed E-state index contributed by atoms with van der Waals surface area (Å²) in [6.45, 7) is 0. The maximum absolute atomic E-state index is 9.75. The van der Waals surface area contributed by atoms with Crippen molar-refractivity contribution in [2.45, 2.75) is 12.8 Å². The Labute approximate surface area is 154 Å². The Kier molecular flexibility index (Phi) is 18.2. The van der Waals surface area contributed by atoms with Crippen LogP contribution in [0, 0.1) is 17.2 Å². The number of rotatable bonds is 0. The van der Waals surface area contributed by atoms with E-state index >= 15 is 0 Å². The second-order valence-electron chi connectivity index (χ2n) is 2.89. The second kappa shape index (κ2) is 13.0. The molecule has 0 aromatic rings. The third-order valence-corrected chi connectivity index (χ3v) is 0.760. The molecule has 1 nitrogen and oxygen atoms in total. The van der Waals surface area contributed by atoms with Crippen LogP contribution < -0.4 is 0 Å². The van der Waals surface area contributed by atoms with Gasteiger partial charge in [-0.05, 0) is 12.8 Å². The zero-order chi connectivity index (χ0) is 17.2. The number of nitriles is 1. The van der Waals surface area contributed by atoms with Crippen LogP contribution in [0.1, 0.15) is 12.8 Å².